The van der Waals surface area contributed by atoms with Crippen LogP contribution in [-0.4, -0.2) is 73.5 Å². The number of carbonyl (C=O) groups excluding carboxylic acids is 1. The van der Waals surface area contributed by atoms with Crippen LogP contribution in [0, 0.1) is 13.8 Å². The van der Waals surface area contributed by atoms with E-state index in [1.54, 1.807) is 4.90 Å². The zero-order chi connectivity index (χ0) is 27.9. The lowest BCUT2D eigenvalue weighted by Crippen LogP contribution is -2.49. The van der Waals surface area contributed by atoms with E-state index in [9.17, 15) is 18.0 Å². The fourth-order valence-corrected chi connectivity index (χ4v) is 5.08. The minimum absolute atomic E-state index is 0.181. The average Bonchev–Trinajstić information content (AvgIpc) is 2.90. The van der Waals surface area contributed by atoms with Crippen LogP contribution >= 0.6 is 0 Å². The summed E-state index contributed by atoms with van der Waals surface area (Å²) >= 11 is 0. The molecule has 0 spiro atoms. The first-order valence-corrected chi connectivity index (χ1v) is 13.6. The van der Waals surface area contributed by atoms with Gasteiger partial charge in [0, 0.05) is 37.8 Å². The van der Waals surface area contributed by atoms with Crippen LogP contribution in [0.2, 0.25) is 0 Å². The number of piperazine rings is 1. The second-order valence-electron chi connectivity index (χ2n) is 10.3. The highest BCUT2D eigenvalue weighted by molar-refractivity contribution is 5.94. The molecule has 2 aromatic carbocycles. The molecule has 0 bridgehead atoms. The Morgan fingerprint density at radius 2 is 1.63 bits per heavy atom. The van der Waals surface area contributed by atoms with Crippen LogP contribution in [0.25, 0.3) is 0 Å². The Kier molecular flexibility index (Phi) is 10.6. The van der Waals surface area contributed by atoms with Crippen molar-refractivity contribution in [2.45, 2.75) is 59.2 Å². The van der Waals surface area contributed by atoms with Crippen LogP contribution in [0.15, 0.2) is 36.4 Å². The molecule has 1 aliphatic rings. The van der Waals surface area contributed by atoms with Crippen molar-refractivity contribution in [2.75, 3.05) is 52.9 Å². The van der Waals surface area contributed by atoms with Crippen LogP contribution < -0.4 is 4.74 Å². The summed E-state index contributed by atoms with van der Waals surface area (Å²) in [5.74, 6) is 0.712. The first-order valence-electron chi connectivity index (χ1n) is 13.6. The molecular weight excluding hydrogens is 491 g/mol. The van der Waals surface area contributed by atoms with E-state index in [0.29, 0.717) is 32.8 Å². The number of amides is 1. The maximum absolute atomic E-state index is 12.8. The van der Waals surface area contributed by atoms with Gasteiger partial charge in [0.25, 0.3) is 5.91 Å². The molecule has 1 amide bonds. The first kappa shape index (κ1) is 30.0. The summed E-state index contributed by atoms with van der Waals surface area (Å²) < 4.78 is 44.6. The normalized spacial score (nSPS) is 15.7. The molecule has 8 heteroatoms. The molecule has 1 atom stereocenters. The number of carbonyl (C=O) groups is 1. The molecule has 0 aliphatic carbocycles. The van der Waals surface area contributed by atoms with Gasteiger partial charge < -0.3 is 14.5 Å². The number of hydrogen-bond acceptors (Lipinski definition) is 4. The van der Waals surface area contributed by atoms with Gasteiger partial charge in [-0.3, -0.25) is 9.69 Å². The van der Waals surface area contributed by atoms with Crippen molar-refractivity contribution in [3.05, 3.63) is 64.2 Å². The average molecular weight is 534 g/mol. The van der Waals surface area contributed by atoms with Gasteiger partial charge in [0.1, 0.15) is 5.75 Å². The minimum atomic E-state index is -4.41. The summed E-state index contributed by atoms with van der Waals surface area (Å²) in [5, 5.41) is 0. The lowest BCUT2D eigenvalue weighted by molar-refractivity contribution is -0.137. The van der Waals surface area contributed by atoms with Gasteiger partial charge in [0.05, 0.1) is 12.2 Å². The molecule has 5 nitrogen and oxygen atoms in total. The zero-order valence-electron chi connectivity index (χ0n) is 23.4. The first-order chi connectivity index (χ1) is 18.0. The topological polar surface area (TPSA) is 36.0 Å². The molecule has 210 valence electrons. The highest BCUT2D eigenvalue weighted by Gasteiger charge is 2.31. The Hall–Kier alpha value is -2.58. The third-order valence-electron chi connectivity index (χ3n) is 7.63. The van der Waals surface area contributed by atoms with Crippen LogP contribution in [0.5, 0.6) is 5.75 Å². The van der Waals surface area contributed by atoms with Crippen molar-refractivity contribution in [1.29, 1.82) is 0 Å². The molecule has 38 heavy (non-hydrogen) atoms. The van der Waals surface area contributed by atoms with Gasteiger partial charge in [0.2, 0.25) is 0 Å². The summed E-state index contributed by atoms with van der Waals surface area (Å²) in [6.45, 7) is 14.0. The molecule has 0 aromatic heterocycles. The molecule has 1 fully saturated rings. The van der Waals surface area contributed by atoms with Crippen LogP contribution in [0.3, 0.4) is 0 Å². The second kappa shape index (κ2) is 13.5. The molecule has 0 radical (unpaired) electrons. The molecule has 2 aromatic rings. The van der Waals surface area contributed by atoms with E-state index in [4.69, 9.17) is 4.74 Å². The van der Waals surface area contributed by atoms with Crippen molar-refractivity contribution >= 4 is 5.91 Å². The van der Waals surface area contributed by atoms with Gasteiger partial charge in [-0.1, -0.05) is 13.0 Å². The third-order valence-corrected chi connectivity index (χ3v) is 7.63. The van der Waals surface area contributed by atoms with Crippen LogP contribution in [-0.2, 0) is 6.18 Å². The number of alkyl halides is 3. The number of rotatable bonds is 11. The Balaban J connectivity index is 1.52. The van der Waals surface area contributed by atoms with E-state index >= 15 is 0 Å². The summed E-state index contributed by atoms with van der Waals surface area (Å²) in [7, 11) is 2.16. The fourth-order valence-electron chi connectivity index (χ4n) is 5.08. The second-order valence-corrected chi connectivity index (χ2v) is 10.3. The lowest BCUT2D eigenvalue weighted by atomic mass is 9.96. The number of hydrogen-bond donors (Lipinski definition) is 0. The molecule has 1 aliphatic heterocycles. The quantitative estimate of drug-likeness (QED) is 0.316. The largest absolute Gasteiger partial charge is 0.493 e. The van der Waals surface area contributed by atoms with Gasteiger partial charge in [-0.25, -0.2) is 0 Å². The van der Waals surface area contributed by atoms with Gasteiger partial charge in [0.15, 0.2) is 0 Å². The van der Waals surface area contributed by atoms with E-state index in [-0.39, 0.29) is 17.5 Å². The van der Waals surface area contributed by atoms with E-state index in [0.717, 1.165) is 49.4 Å². The molecular formula is C30H42F3N3O2. The maximum Gasteiger partial charge on any atom is 0.416 e. The standard InChI is InChI=1S/C30H42F3N3O2/c1-6-15-34(5)16-7-8-21-38-28-14-13-27(22(2)23(28)3)24(4)35-17-19-36(20-18-35)29(37)25-9-11-26(12-10-25)30(31,32)33/h9-14,24H,6-8,15-21H2,1-5H3. The van der Waals surface area contributed by atoms with E-state index in [2.05, 4.69) is 56.7 Å². The lowest BCUT2D eigenvalue weighted by Gasteiger charge is -2.39. The summed E-state index contributed by atoms with van der Waals surface area (Å²) in [5.41, 5.74) is 3.17. The Labute approximate surface area is 225 Å². The number of unbranched alkanes of at least 4 members (excludes halogenated alkanes) is 1. The highest BCUT2D eigenvalue weighted by atomic mass is 19.4. The van der Waals surface area contributed by atoms with Crippen molar-refractivity contribution < 1.29 is 22.7 Å². The zero-order valence-corrected chi connectivity index (χ0v) is 23.4. The SMILES string of the molecule is CCCN(C)CCCCOc1ccc(C(C)N2CCN(C(=O)c3ccc(C(F)(F)F)cc3)CC2)c(C)c1C. The maximum atomic E-state index is 12.8. The Morgan fingerprint density at radius 3 is 2.24 bits per heavy atom. The van der Waals surface area contributed by atoms with Gasteiger partial charge in [-0.2, -0.15) is 13.2 Å². The molecule has 1 saturated heterocycles. The predicted molar refractivity (Wildman–Crippen MR) is 146 cm³/mol. The highest BCUT2D eigenvalue weighted by Crippen LogP contribution is 2.32. The molecule has 1 heterocycles. The van der Waals surface area contributed by atoms with Crippen molar-refractivity contribution in [3.8, 4) is 5.75 Å². The summed E-state index contributed by atoms with van der Waals surface area (Å²) in [4.78, 5) is 19.3. The predicted octanol–water partition coefficient (Wildman–Crippen LogP) is 6.34. The van der Waals surface area contributed by atoms with Crippen molar-refractivity contribution in [2.24, 2.45) is 0 Å². The number of halogens is 3. The Bertz CT molecular complexity index is 1050. The van der Waals surface area contributed by atoms with Crippen LogP contribution in [0.1, 0.15) is 71.8 Å². The Morgan fingerprint density at radius 1 is 0.974 bits per heavy atom. The molecule has 1 unspecified atom stereocenters. The number of ether oxygens (including phenoxy) is 1. The number of benzene rings is 2. The van der Waals surface area contributed by atoms with Crippen molar-refractivity contribution in [1.82, 2.24) is 14.7 Å². The molecule has 3 rings (SSSR count). The van der Waals surface area contributed by atoms with Gasteiger partial charge >= 0.3 is 6.18 Å². The third kappa shape index (κ3) is 7.73. The van der Waals surface area contributed by atoms with Crippen molar-refractivity contribution in [3.63, 3.8) is 0 Å². The van der Waals surface area contributed by atoms with E-state index in [1.165, 1.54) is 29.7 Å². The fraction of sp³-hybridized carbons (Fsp3) is 0.567. The smallest absolute Gasteiger partial charge is 0.416 e. The number of nitrogens with zero attached hydrogens (tertiary/aromatic N) is 3. The van der Waals surface area contributed by atoms with E-state index in [1.807, 2.05) is 0 Å². The van der Waals surface area contributed by atoms with Gasteiger partial charge in [-0.05, 0) is 107 Å². The summed E-state index contributed by atoms with van der Waals surface area (Å²) in [6, 6.07) is 8.87. The van der Waals surface area contributed by atoms with Gasteiger partial charge in [-0.15, -0.1) is 0 Å². The molecule has 0 N–H and O–H groups in total. The van der Waals surface area contributed by atoms with E-state index < -0.39 is 11.7 Å². The monoisotopic (exact) mass is 533 g/mol. The summed E-state index contributed by atoms with van der Waals surface area (Å²) in [6.07, 6.45) is -1.08. The minimum Gasteiger partial charge on any atom is -0.493 e. The molecule has 0 saturated carbocycles. The van der Waals surface area contributed by atoms with Crippen LogP contribution in [0.4, 0.5) is 13.2 Å².